The Morgan fingerprint density at radius 3 is 3.06 bits per heavy atom. The Bertz CT molecular complexity index is 471. The predicted molar refractivity (Wildman–Crippen MR) is 67.5 cm³/mol. The van der Waals surface area contributed by atoms with Crippen LogP contribution in [0.5, 0.6) is 0 Å². The fourth-order valence-corrected chi connectivity index (χ4v) is 2.14. The van der Waals surface area contributed by atoms with Crippen molar-refractivity contribution in [3.8, 4) is 0 Å². The Morgan fingerprint density at radius 2 is 2.41 bits per heavy atom. The van der Waals surface area contributed by atoms with Gasteiger partial charge in [0.2, 0.25) is 0 Å². The first-order valence-corrected chi connectivity index (χ1v) is 5.80. The fraction of sp³-hybridized carbons (Fsp3) is 0.182. The number of allylic oxidation sites excluding steroid dienone is 1. The van der Waals surface area contributed by atoms with Crippen molar-refractivity contribution in [1.29, 1.82) is 0 Å². The van der Waals surface area contributed by atoms with E-state index in [0.717, 1.165) is 5.69 Å². The summed E-state index contributed by atoms with van der Waals surface area (Å²) in [6, 6.07) is 5.60. The van der Waals surface area contributed by atoms with E-state index in [1.165, 1.54) is 18.0 Å². The molecule has 1 aromatic heterocycles. The summed E-state index contributed by atoms with van der Waals surface area (Å²) in [6.07, 6.45) is 4.86. The molecule has 6 heteroatoms. The summed E-state index contributed by atoms with van der Waals surface area (Å²) >= 11 is 1.37. The highest BCUT2D eigenvalue weighted by Gasteiger charge is 2.18. The second-order valence-electron chi connectivity index (χ2n) is 3.17. The summed E-state index contributed by atoms with van der Waals surface area (Å²) in [6.45, 7) is 0. The average Bonchev–Trinajstić information content (AvgIpc) is 2.40. The molecule has 1 atom stereocenters. The van der Waals surface area contributed by atoms with Gasteiger partial charge in [0, 0.05) is 12.3 Å². The normalized spacial score (nSPS) is 19.9. The number of oxime groups is 1. The maximum Gasteiger partial charge on any atom is 0.157 e. The van der Waals surface area contributed by atoms with E-state index in [9.17, 15) is 0 Å². The monoisotopic (exact) mass is 249 g/mol. The van der Waals surface area contributed by atoms with Gasteiger partial charge in [0.15, 0.2) is 5.09 Å². The lowest BCUT2D eigenvalue weighted by Crippen LogP contribution is -2.14. The number of hydrogen-bond acceptors (Lipinski definition) is 6. The van der Waals surface area contributed by atoms with E-state index in [2.05, 4.69) is 15.1 Å². The molecular weight excluding hydrogens is 238 g/mol. The Morgan fingerprint density at radius 1 is 1.53 bits per heavy atom. The molecule has 1 aromatic rings. The number of aromatic nitrogens is 1. The molecule has 0 fully saturated rings. The standard InChI is InChI=1S/C11H11N3O2S/c1-16-11-6-9(8-4-2-3-5-12-8)14-10(17-11)7-13-15/h2-7,10,15H,1H3/b13-7+. The minimum absolute atomic E-state index is 0.294. The lowest BCUT2D eigenvalue weighted by atomic mass is 10.2. The second kappa shape index (κ2) is 5.49. The van der Waals surface area contributed by atoms with E-state index < -0.39 is 0 Å². The van der Waals surface area contributed by atoms with Crippen LogP contribution < -0.4 is 0 Å². The Hall–Kier alpha value is -1.82. The second-order valence-corrected chi connectivity index (χ2v) is 4.29. The first-order valence-electron chi connectivity index (χ1n) is 4.92. The van der Waals surface area contributed by atoms with Gasteiger partial charge in [0.05, 0.1) is 24.7 Å². The molecule has 0 saturated carbocycles. The molecule has 2 heterocycles. The van der Waals surface area contributed by atoms with Crippen molar-refractivity contribution in [2.45, 2.75) is 5.37 Å². The van der Waals surface area contributed by atoms with Crippen LogP contribution in [0, 0.1) is 0 Å². The molecule has 5 nitrogen and oxygen atoms in total. The number of methoxy groups -OCH3 is 1. The predicted octanol–water partition coefficient (Wildman–Crippen LogP) is 1.89. The van der Waals surface area contributed by atoms with E-state index in [0.29, 0.717) is 10.8 Å². The third-order valence-corrected chi connectivity index (χ3v) is 3.07. The molecule has 0 aromatic carbocycles. The van der Waals surface area contributed by atoms with Gasteiger partial charge in [0.1, 0.15) is 5.37 Å². The van der Waals surface area contributed by atoms with Gasteiger partial charge in [-0.25, -0.2) is 0 Å². The molecule has 0 amide bonds. The van der Waals surface area contributed by atoms with Crippen LogP contribution in [0.4, 0.5) is 0 Å². The van der Waals surface area contributed by atoms with Crippen LogP contribution in [0.1, 0.15) is 5.69 Å². The van der Waals surface area contributed by atoms with Gasteiger partial charge in [-0.05, 0) is 12.1 Å². The fourth-order valence-electron chi connectivity index (χ4n) is 1.35. The Labute approximate surface area is 103 Å². The molecular formula is C11H11N3O2S. The number of pyridine rings is 1. The zero-order valence-corrected chi connectivity index (χ0v) is 9.96. The first kappa shape index (κ1) is 11.7. The van der Waals surface area contributed by atoms with Crippen molar-refractivity contribution in [1.82, 2.24) is 4.98 Å². The van der Waals surface area contributed by atoms with Crippen LogP contribution in [-0.4, -0.2) is 34.6 Å². The van der Waals surface area contributed by atoms with Crippen molar-refractivity contribution in [3.63, 3.8) is 0 Å². The molecule has 1 N–H and O–H groups in total. The highest BCUT2D eigenvalue weighted by molar-refractivity contribution is 8.04. The van der Waals surface area contributed by atoms with Gasteiger partial charge in [-0.2, -0.15) is 0 Å². The minimum atomic E-state index is -0.294. The highest BCUT2D eigenvalue weighted by atomic mass is 32.2. The number of nitrogens with zero attached hydrogens (tertiary/aromatic N) is 3. The summed E-state index contributed by atoms with van der Waals surface area (Å²) in [5.74, 6) is 0. The van der Waals surface area contributed by atoms with Crippen LogP contribution in [0.3, 0.4) is 0 Å². The maximum atomic E-state index is 8.55. The van der Waals surface area contributed by atoms with E-state index in [1.807, 2.05) is 24.3 Å². The maximum absolute atomic E-state index is 8.55. The van der Waals surface area contributed by atoms with Gasteiger partial charge in [-0.1, -0.05) is 23.0 Å². The van der Waals surface area contributed by atoms with E-state index in [4.69, 9.17) is 9.94 Å². The van der Waals surface area contributed by atoms with Crippen molar-refractivity contribution in [3.05, 3.63) is 41.3 Å². The number of rotatable bonds is 3. The molecule has 88 valence electrons. The summed E-state index contributed by atoms with van der Waals surface area (Å²) in [4.78, 5) is 8.61. The zero-order valence-electron chi connectivity index (χ0n) is 9.15. The summed E-state index contributed by atoms with van der Waals surface area (Å²) in [5.41, 5.74) is 1.48. The molecule has 1 aliphatic rings. The largest absolute Gasteiger partial charge is 0.490 e. The van der Waals surface area contributed by atoms with Crippen molar-refractivity contribution < 1.29 is 9.94 Å². The van der Waals surface area contributed by atoms with Gasteiger partial charge in [-0.15, -0.1) is 0 Å². The Kier molecular flexibility index (Phi) is 3.77. The molecule has 0 radical (unpaired) electrons. The van der Waals surface area contributed by atoms with Crippen LogP contribution in [-0.2, 0) is 4.74 Å². The van der Waals surface area contributed by atoms with E-state index in [-0.39, 0.29) is 5.37 Å². The Balaban J connectivity index is 2.33. The van der Waals surface area contributed by atoms with Gasteiger partial charge in [-0.3, -0.25) is 9.98 Å². The zero-order chi connectivity index (χ0) is 12.1. The van der Waals surface area contributed by atoms with Crippen LogP contribution >= 0.6 is 11.8 Å². The minimum Gasteiger partial charge on any atom is -0.490 e. The lowest BCUT2D eigenvalue weighted by molar-refractivity contribution is 0.320. The molecule has 0 spiro atoms. The van der Waals surface area contributed by atoms with Crippen molar-refractivity contribution in [2.75, 3.05) is 7.11 Å². The lowest BCUT2D eigenvalue weighted by Gasteiger charge is -2.16. The highest BCUT2D eigenvalue weighted by Crippen LogP contribution is 2.27. The quantitative estimate of drug-likeness (QED) is 0.504. The summed E-state index contributed by atoms with van der Waals surface area (Å²) in [7, 11) is 1.59. The molecule has 17 heavy (non-hydrogen) atoms. The van der Waals surface area contributed by atoms with Crippen LogP contribution in [0.15, 0.2) is 45.7 Å². The average molecular weight is 249 g/mol. The number of aliphatic imine (C=N–C) groups is 1. The third kappa shape index (κ3) is 2.85. The van der Waals surface area contributed by atoms with Crippen LogP contribution in [0.2, 0.25) is 0 Å². The van der Waals surface area contributed by atoms with Gasteiger partial charge >= 0.3 is 0 Å². The molecule has 0 aliphatic carbocycles. The SMILES string of the molecule is COC1=CC(c2ccccn2)=NC(/C=N/O)S1. The van der Waals surface area contributed by atoms with Gasteiger partial charge in [0.25, 0.3) is 0 Å². The number of ether oxygens (including phenoxy) is 1. The van der Waals surface area contributed by atoms with Crippen LogP contribution in [0.25, 0.3) is 0 Å². The smallest absolute Gasteiger partial charge is 0.157 e. The topological polar surface area (TPSA) is 67.1 Å². The number of hydrogen-bond donors (Lipinski definition) is 1. The molecule has 0 bridgehead atoms. The van der Waals surface area contributed by atoms with Crippen molar-refractivity contribution in [2.24, 2.45) is 10.1 Å². The summed E-state index contributed by atoms with van der Waals surface area (Å²) in [5, 5.41) is 12.0. The molecule has 1 unspecified atom stereocenters. The molecule has 1 aliphatic heterocycles. The summed E-state index contributed by atoms with van der Waals surface area (Å²) < 4.78 is 5.19. The number of thioether (sulfide) groups is 1. The first-order chi connectivity index (χ1) is 8.33. The van der Waals surface area contributed by atoms with E-state index >= 15 is 0 Å². The molecule has 2 rings (SSSR count). The molecule has 0 saturated heterocycles. The third-order valence-electron chi connectivity index (χ3n) is 2.08. The van der Waals surface area contributed by atoms with E-state index in [1.54, 1.807) is 13.3 Å². The van der Waals surface area contributed by atoms with Gasteiger partial charge < -0.3 is 9.94 Å². The van der Waals surface area contributed by atoms with Crippen molar-refractivity contribution >= 4 is 23.7 Å².